The van der Waals surface area contributed by atoms with E-state index < -0.39 is 18.5 Å². The summed E-state index contributed by atoms with van der Waals surface area (Å²) < 4.78 is 0. The number of carbonyl (C=O) groups excluding carboxylic acids is 3. The molecule has 1 N–H and O–H groups in total. The van der Waals surface area contributed by atoms with Gasteiger partial charge in [0.2, 0.25) is 6.29 Å². The maximum Gasteiger partial charge on any atom is 0.324 e. The zero-order valence-electron chi connectivity index (χ0n) is 9.79. The van der Waals surface area contributed by atoms with E-state index in [-0.39, 0.29) is 0 Å². The number of amides is 3. The van der Waals surface area contributed by atoms with Gasteiger partial charge in [-0.3, -0.25) is 19.5 Å². The Kier molecular flexibility index (Phi) is 5.24. The zero-order valence-corrected chi connectivity index (χ0v) is 9.79. The first kappa shape index (κ1) is 13.6. The number of imide groups is 1. The molecule has 1 heterocycles. The molecule has 0 unspecified atom stereocenters. The Morgan fingerprint density at radius 2 is 2.28 bits per heavy atom. The molecule has 0 aromatic carbocycles. The highest BCUT2D eigenvalue weighted by atomic mass is 16.2. The summed E-state index contributed by atoms with van der Waals surface area (Å²) in [5.41, 5.74) is 0.581. The molecule has 0 saturated carbocycles. The number of nitrogens with one attached hydrogen (secondary N) is 1. The first-order chi connectivity index (χ1) is 8.69. The minimum Gasteiger partial charge on any atom is -0.341 e. The Morgan fingerprint density at radius 1 is 1.50 bits per heavy atom. The third-order valence-electron chi connectivity index (χ3n) is 2.03. The predicted octanol–water partition coefficient (Wildman–Crippen LogP) is 0.372. The summed E-state index contributed by atoms with van der Waals surface area (Å²) in [6, 6.07) is 4.57. The summed E-state index contributed by atoms with van der Waals surface area (Å²) >= 11 is 0. The van der Waals surface area contributed by atoms with Gasteiger partial charge in [-0.15, -0.1) is 0 Å². The second-order valence-corrected chi connectivity index (χ2v) is 3.21. The van der Waals surface area contributed by atoms with Gasteiger partial charge in [0.25, 0.3) is 5.91 Å². The molecule has 1 aromatic heterocycles. The van der Waals surface area contributed by atoms with Crippen LogP contribution < -0.4 is 5.32 Å². The van der Waals surface area contributed by atoms with E-state index in [9.17, 15) is 14.4 Å². The Balaban J connectivity index is 2.75. The van der Waals surface area contributed by atoms with Crippen molar-refractivity contribution in [3.05, 3.63) is 36.2 Å². The first-order valence-corrected chi connectivity index (χ1v) is 5.16. The van der Waals surface area contributed by atoms with Crippen LogP contribution in [0.1, 0.15) is 5.69 Å². The van der Waals surface area contributed by atoms with Gasteiger partial charge in [-0.1, -0.05) is 6.07 Å². The van der Waals surface area contributed by atoms with Crippen molar-refractivity contribution in [3.8, 4) is 0 Å². The van der Waals surface area contributed by atoms with Crippen LogP contribution in [-0.2, 0) is 9.59 Å². The maximum atomic E-state index is 11.7. The van der Waals surface area contributed by atoms with Crippen molar-refractivity contribution in [1.82, 2.24) is 15.2 Å². The monoisotopic (exact) mass is 246 g/mol. The van der Waals surface area contributed by atoms with Gasteiger partial charge in [0.05, 0.1) is 12.2 Å². The number of carbonyl (C=O) groups is 2. The average Bonchev–Trinajstić information content (AvgIpc) is 2.42. The molecular weight excluding hydrogens is 234 g/mol. The summed E-state index contributed by atoms with van der Waals surface area (Å²) in [5.74, 6) is -0.608. The third-order valence-corrected chi connectivity index (χ3v) is 2.03. The maximum absolute atomic E-state index is 11.7. The summed E-state index contributed by atoms with van der Waals surface area (Å²) in [6.45, 7) is -0.412. The smallest absolute Gasteiger partial charge is 0.324 e. The van der Waals surface area contributed by atoms with Crippen molar-refractivity contribution in [3.63, 3.8) is 0 Å². The van der Waals surface area contributed by atoms with Crippen LogP contribution in [0.3, 0.4) is 0 Å². The van der Waals surface area contributed by atoms with E-state index in [0.717, 1.165) is 4.90 Å². The predicted molar refractivity (Wildman–Crippen MR) is 65.1 cm³/mol. The summed E-state index contributed by atoms with van der Waals surface area (Å²) in [6.07, 6.45) is 5.73. The molecule has 0 bridgehead atoms. The van der Waals surface area contributed by atoms with Crippen molar-refractivity contribution in [2.45, 2.75) is 0 Å². The van der Waals surface area contributed by atoms with Crippen LogP contribution in [0.2, 0.25) is 0 Å². The van der Waals surface area contributed by atoms with Crippen molar-refractivity contribution in [1.29, 1.82) is 0 Å². The molecule has 0 aliphatic carbocycles. The quantitative estimate of drug-likeness (QED) is 0.778. The van der Waals surface area contributed by atoms with Crippen LogP contribution in [0.4, 0.5) is 4.79 Å². The molecule has 6 nitrogen and oxygen atoms in total. The highest BCUT2D eigenvalue weighted by molar-refractivity contribution is 6.03. The number of urea groups is 1. The summed E-state index contributed by atoms with van der Waals surface area (Å²) in [5, 5.41) is 2.27. The van der Waals surface area contributed by atoms with E-state index in [0.29, 0.717) is 5.69 Å². The van der Waals surface area contributed by atoms with Crippen LogP contribution in [-0.4, -0.2) is 41.7 Å². The normalized spacial score (nSPS) is 10.1. The van der Waals surface area contributed by atoms with E-state index in [1.807, 2.05) is 0 Å². The second kappa shape index (κ2) is 6.95. The highest BCUT2D eigenvalue weighted by Crippen LogP contribution is 1.98. The lowest BCUT2D eigenvalue weighted by Gasteiger charge is -2.14. The topological polar surface area (TPSA) is 79.4 Å². The van der Waals surface area contributed by atoms with Gasteiger partial charge in [-0.05, 0) is 18.2 Å². The molecule has 6 heteroatoms. The Morgan fingerprint density at radius 3 is 2.83 bits per heavy atom. The lowest BCUT2D eigenvalue weighted by atomic mass is 10.3. The molecule has 0 aliphatic heterocycles. The molecule has 0 spiro atoms. The standard InChI is InChI=1S/C12H12N3O3/c1-13-12(18)15(8-9-16)11(17)6-5-10-4-2-3-7-14-10/h2-7H,8H2,1H3,(H,13,18). The first-order valence-electron chi connectivity index (χ1n) is 5.16. The van der Waals surface area contributed by atoms with E-state index in [2.05, 4.69) is 10.3 Å². The number of hydrogen-bond donors (Lipinski definition) is 1. The number of aromatic nitrogens is 1. The SMILES string of the molecule is CNC(=O)N(C[C]=O)C(=O)C=Cc1ccccn1. The fourth-order valence-corrected chi connectivity index (χ4v) is 1.17. The van der Waals surface area contributed by atoms with Crippen LogP contribution in [0.15, 0.2) is 30.5 Å². The Labute approximate surface area is 104 Å². The van der Waals surface area contributed by atoms with E-state index in [1.54, 1.807) is 24.4 Å². The van der Waals surface area contributed by atoms with Crippen molar-refractivity contribution < 1.29 is 14.4 Å². The van der Waals surface area contributed by atoms with Crippen LogP contribution in [0.5, 0.6) is 0 Å². The minimum atomic E-state index is -0.658. The molecule has 18 heavy (non-hydrogen) atoms. The van der Waals surface area contributed by atoms with E-state index in [1.165, 1.54) is 25.5 Å². The summed E-state index contributed by atoms with van der Waals surface area (Å²) in [7, 11) is 1.37. The average molecular weight is 246 g/mol. The van der Waals surface area contributed by atoms with Gasteiger partial charge in [-0.25, -0.2) is 4.79 Å². The molecule has 0 aliphatic rings. The van der Waals surface area contributed by atoms with E-state index >= 15 is 0 Å². The van der Waals surface area contributed by atoms with Gasteiger partial charge in [0.1, 0.15) is 0 Å². The van der Waals surface area contributed by atoms with Crippen molar-refractivity contribution in [2.75, 3.05) is 13.6 Å². The largest absolute Gasteiger partial charge is 0.341 e. The van der Waals surface area contributed by atoms with Crippen molar-refractivity contribution >= 4 is 24.3 Å². The van der Waals surface area contributed by atoms with E-state index in [4.69, 9.17) is 0 Å². The number of hydrogen-bond acceptors (Lipinski definition) is 4. The molecule has 3 amide bonds. The lowest BCUT2D eigenvalue weighted by molar-refractivity contribution is -0.122. The summed E-state index contributed by atoms with van der Waals surface area (Å²) in [4.78, 5) is 38.0. The van der Waals surface area contributed by atoms with Gasteiger partial charge in [0.15, 0.2) is 0 Å². The van der Waals surface area contributed by atoms with Crippen LogP contribution >= 0.6 is 0 Å². The zero-order chi connectivity index (χ0) is 13.4. The van der Waals surface area contributed by atoms with Crippen molar-refractivity contribution in [2.24, 2.45) is 0 Å². The number of rotatable bonds is 4. The number of pyridine rings is 1. The minimum absolute atomic E-state index is 0.412. The van der Waals surface area contributed by atoms with Gasteiger partial charge >= 0.3 is 6.03 Å². The third kappa shape index (κ3) is 3.82. The fourth-order valence-electron chi connectivity index (χ4n) is 1.17. The Hall–Kier alpha value is -2.50. The van der Waals surface area contributed by atoms with Crippen LogP contribution in [0.25, 0.3) is 6.08 Å². The number of nitrogens with zero attached hydrogens (tertiary/aromatic N) is 2. The molecule has 1 aromatic rings. The lowest BCUT2D eigenvalue weighted by Crippen LogP contribution is -2.42. The van der Waals surface area contributed by atoms with Gasteiger partial charge in [-0.2, -0.15) is 0 Å². The molecule has 0 atom stereocenters. The molecule has 0 fully saturated rings. The molecule has 93 valence electrons. The van der Waals surface area contributed by atoms with Crippen LogP contribution in [0, 0.1) is 0 Å². The highest BCUT2D eigenvalue weighted by Gasteiger charge is 2.17. The molecule has 1 rings (SSSR count). The van der Waals surface area contributed by atoms with Gasteiger partial charge < -0.3 is 5.32 Å². The Bertz CT molecular complexity index is 457. The molecule has 1 radical (unpaired) electrons. The molecule has 0 saturated heterocycles. The fraction of sp³-hybridized carbons (Fsp3) is 0.167. The second-order valence-electron chi connectivity index (χ2n) is 3.21. The van der Waals surface area contributed by atoms with Gasteiger partial charge in [0, 0.05) is 19.3 Å². The molecular formula is C12H12N3O3.